The predicted molar refractivity (Wildman–Crippen MR) is 71.5 cm³/mol. The molecule has 0 aromatic heterocycles. The molecule has 0 amide bonds. The first-order valence-corrected chi connectivity index (χ1v) is 23.2. The van der Waals surface area contributed by atoms with Gasteiger partial charge < -0.3 is 18.5 Å². The molecule has 0 bridgehead atoms. The quantitative estimate of drug-likeness (QED) is 0.264. The zero-order valence-electron chi connectivity index (χ0n) is 5.60. The molecule has 78 valence electrons. The van der Waals surface area contributed by atoms with Crippen LogP contribution in [0.15, 0.2) is 0 Å². The van der Waals surface area contributed by atoms with E-state index in [1.165, 1.54) is 0 Å². The molecular weight excluding hydrogens is 624 g/mol. The summed E-state index contributed by atoms with van der Waals surface area (Å²) >= 11 is 20.0. The van der Waals surface area contributed by atoms with E-state index in [1.807, 2.05) is 0 Å². The normalized spacial score (nSPS) is 16.2. The summed E-state index contributed by atoms with van der Waals surface area (Å²) in [7, 11) is 0. The number of rotatable bonds is 0. The molecule has 0 aromatic rings. The number of quaternary nitrogens is 3. The molecule has 0 saturated carbocycles. The molecule has 0 unspecified atom stereocenters. The number of hydrogen-bond acceptors (Lipinski definition) is 0. The van der Waals surface area contributed by atoms with Crippen LogP contribution in [0.25, 0.3) is 0 Å². The Morgan fingerprint density at radius 2 is 0.500 bits per heavy atom. The van der Waals surface area contributed by atoms with Crippen molar-refractivity contribution in [2.24, 2.45) is 0 Å². The standard InChI is InChI=1S/6BrH.3H3N.Rh/h6*1H;3*1H3;/q;;;;;;;;;+3/p-3. The van der Waals surface area contributed by atoms with Gasteiger partial charge in [-0.05, 0) is 0 Å². The van der Waals surface area contributed by atoms with Gasteiger partial charge in [0, 0.05) is 0 Å². The summed E-state index contributed by atoms with van der Waals surface area (Å²) in [5.41, 5.74) is 0. The van der Waals surface area contributed by atoms with Crippen molar-refractivity contribution in [1.82, 2.24) is 18.5 Å². The zero-order valence-corrected chi connectivity index (χ0v) is 16.8. The van der Waals surface area contributed by atoms with Crippen LogP contribution in [-0.2, 0) is 0.665 Å². The maximum Gasteiger partial charge on any atom is -0.369 e. The van der Waals surface area contributed by atoms with Crippen molar-refractivity contribution < 1.29 is 0.665 Å². The molecule has 0 aliphatic carbocycles. The van der Waals surface area contributed by atoms with E-state index >= 15 is 0 Å². The van der Waals surface area contributed by atoms with Gasteiger partial charge in [0.1, 0.15) is 0 Å². The van der Waals surface area contributed by atoms with Crippen LogP contribution in [0.1, 0.15) is 0 Å². The molecule has 0 aromatic carbocycles. The van der Waals surface area contributed by atoms with Gasteiger partial charge in [0.05, 0.1) is 0 Å². The molecule has 0 heterocycles. The summed E-state index contributed by atoms with van der Waals surface area (Å²) in [5, 5.41) is 0. The molecule has 0 fully saturated rings. The molecule has 0 aliphatic heterocycles. The van der Waals surface area contributed by atoms with Crippen LogP contribution in [0.2, 0.25) is 0 Å². The first-order valence-electron chi connectivity index (χ1n) is 0.756. The van der Waals surface area contributed by atoms with E-state index < -0.39 is 0.665 Å². The molecule has 0 radical (unpaired) electrons. The molecule has 0 aliphatic rings. The van der Waals surface area contributed by atoms with Gasteiger partial charge in [-0.2, -0.15) is 0 Å². The van der Waals surface area contributed by atoms with Gasteiger partial charge in [-0.1, -0.05) is 0 Å². The monoisotopic (exact) mass is 631 g/mol. The van der Waals surface area contributed by atoms with Crippen molar-refractivity contribution in [3.63, 3.8) is 0 Å². The first kappa shape index (κ1) is 23.3. The van der Waals surface area contributed by atoms with Crippen LogP contribution in [0.5, 0.6) is 0 Å². The Labute approximate surface area is 98.8 Å². The third-order valence-corrected chi connectivity index (χ3v) is 0. The van der Waals surface area contributed by atoms with Gasteiger partial charge in [-0.15, -0.1) is 0 Å². The van der Waals surface area contributed by atoms with Crippen LogP contribution < -0.4 is 18.5 Å². The summed E-state index contributed by atoms with van der Waals surface area (Å²) in [4.78, 5) is 0. The Morgan fingerprint density at radius 3 is 0.500 bits per heavy atom. The molecule has 0 spiro atoms. The molecule has 0 saturated heterocycles. The molecule has 0 rings (SSSR count). The third kappa shape index (κ3) is 107. The van der Waals surface area contributed by atoms with E-state index in [0.717, 1.165) is 0 Å². The average molecular weight is 636 g/mol. The summed E-state index contributed by atoms with van der Waals surface area (Å²) in [6, 6.07) is 0. The van der Waals surface area contributed by atoms with Gasteiger partial charge in [0.25, 0.3) is 0 Å². The second kappa shape index (κ2) is 4.75. The summed E-state index contributed by atoms with van der Waals surface area (Å²) in [5.74, 6) is 0. The number of hydrogen-bond donors (Lipinski definition) is 3. The van der Waals surface area contributed by atoms with Crippen LogP contribution in [0.4, 0.5) is 0 Å². The van der Waals surface area contributed by atoms with Crippen LogP contribution in [0.3, 0.4) is 0 Å². The van der Waals surface area contributed by atoms with Crippen molar-refractivity contribution in [1.29, 1.82) is 0 Å². The molecule has 10 heteroatoms. The second-order valence-corrected chi connectivity index (χ2v) is 114. The Balaban J connectivity index is -0.0000000600. The van der Waals surface area contributed by atoms with Crippen molar-refractivity contribution in [3.05, 3.63) is 0 Å². The van der Waals surface area contributed by atoms with E-state index in [4.69, 9.17) is 0 Å². The maximum absolute atomic E-state index is 3.34. The molecule has 12 N–H and O–H groups in total. The fourth-order valence-corrected chi connectivity index (χ4v) is 0. The van der Waals surface area contributed by atoms with Gasteiger partial charge >= 0.3 is 82.4 Å². The van der Waals surface area contributed by atoms with Crippen molar-refractivity contribution in [2.45, 2.75) is 0 Å². The van der Waals surface area contributed by atoms with Gasteiger partial charge in [0.15, 0.2) is 0 Å². The average Bonchev–Trinajstić information content (AvgIpc) is 0.592. The Kier molecular flexibility index (Phi) is 11.1. The Morgan fingerprint density at radius 1 is 0.500 bits per heavy atom. The fourth-order valence-electron chi connectivity index (χ4n) is 0. The van der Waals surface area contributed by atoms with Crippen molar-refractivity contribution >= 4 is 81.7 Å². The predicted octanol–water partition coefficient (Wildman–Crippen LogP) is 6.20. The van der Waals surface area contributed by atoms with E-state index in [-0.39, 0.29) is 18.5 Å². The van der Waals surface area contributed by atoms with E-state index in [2.05, 4.69) is 81.7 Å². The molecule has 10 heavy (non-hydrogen) atoms. The summed E-state index contributed by atoms with van der Waals surface area (Å²) < 4.78 is -3.11. The van der Waals surface area contributed by atoms with Crippen molar-refractivity contribution in [3.8, 4) is 0 Å². The topological polar surface area (TPSA) is 110 Å². The number of halogens is 6. The minimum absolute atomic E-state index is 0. The van der Waals surface area contributed by atoms with Crippen LogP contribution >= 0.6 is 81.7 Å². The third-order valence-electron chi connectivity index (χ3n) is 0. The largest absolute Gasteiger partial charge is 0.369 e. The smallest absolute Gasteiger partial charge is 0.369 e. The fraction of sp³-hybridized carbons (Fsp3) is 0. The first-order chi connectivity index (χ1) is 2.45. The van der Waals surface area contributed by atoms with E-state index in [1.54, 1.807) is 0 Å². The summed E-state index contributed by atoms with van der Waals surface area (Å²) in [6.07, 6.45) is 0. The van der Waals surface area contributed by atoms with Crippen molar-refractivity contribution in [2.75, 3.05) is 0 Å². The molecule has 3 nitrogen and oxygen atoms in total. The molecular formula is H12Br6N3Rh. The Hall–Kier alpha value is 3.38. The summed E-state index contributed by atoms with van der Waals surface area (Å²) in [6.45, 7) is 0. The van der Waals surface area contributed by atoms with Crippen LogP contribution in [-0.4, -0.2) is 0 Å². The van der Waals surface area contributed by atoms with E-state index in [0.29, 0.717) is 0 Å². The minimum atomic E-state index is -3.11. The zero-order chi connectivity index (χ0) is 6.41. The van der Waals surface area contributed by atoms with Crippen LogP contribution in [0, 0.1) is 0 Å². The van der Waals surface area contributed by atoms with E-state index in [9.17, 15) is 0 Å². The minimum Gasteiger partial charge on any atom is -0.369 e. The van der Waals surface area contributed by atoms with Gasteiger partial charge in [0.2, 0.25) is 0 Å². The second-order valence-electron chi connectivity index (χ2n) is 0.714. The van der Waals surface area contributed by atoms with Gasteiger partial charge in [-0.3, -0.25) is 0 Å². The molecule has 0 atom stereocenters. The van der Waals surface area contributed by atoms with Gasteiger partial charge in [-0.25, -0.2) is 0 Å². The Bertz CT molecular complexity index is 71.6. The maximum atomic E-state index is 3.34. The SMILES string of the molecule is [Br][Rh-3]([Br])([Br])([Br])([Br])[Br].[NH4+].[NH4+].[NH4+].